The molecular formula is C22H23FN2O4. The lowest BCUT2D eigenvalue weighted by molar-refractivity contribution is -0.130. The van der Waals surface area contributed by atoms with E-state index in [-0.39, 0.29) is 30.2 Å². The Morgan fingerprint density at radius 3 is 2.10 bits per heavy atom. The van der Waals surface area contributed by atoms with Crippen LogP contribution in [0.25, 0.3) is 0 Å². The molecule has 1 fully saturated rings. The lowest BCUT2D eigenvalue weighted by atomic mass is 10.0. The minimum atomic E-state index is -0.395. The number of nitrogens with zero attached hydrogens (tertiary/aromatic N) is 1. The molecule has 152 valence electrons. The highest BCUT2D eigenvalue weighted by Crippen LogP contribution is 2.16. The van der Waals surface area contributed by atoms with Crippen LogP contribution in [0.3, 0.4) is 0 Å². The van der Waals surface area contributed by atoms with Gasteiger partial charge in [-0.2, -0.15) is 0 Å². The molecule has 1 saturated heterocycles. The summed E-state index contributed by atoms with van der Waals surface area (Å²) in [5.74, 6) is -0.307. The molecule has 6 nitrogen and oxygen atoms in total. The van der Waals surface area contributed by atoms with Crippen LogP contribution in [0.4, 0.5) is 4.39 Å². The standard InChI is InChI=1S/C22H23FN2O4/c1-15(26)25-12-10-19(11-13-25)24-21(27)14-29-20-8-4-17(5-9-20)22(28)16-2-6-18(23)7-3-16/h2-9,19H,10-14H2,1H3,(H,24,27). The van der Waals surface area contributed by atoms with Gasteiger partial charge in [-0.25, -0.2) is 4.39 Å². The third-order valence-electron chi connectivity index (χ3n) is 4.90. The number of ether oxygens (including phenoxy) is 1. The van der Waals surface area contributed by atoms with Crippen molar-refractivity contribution in [1.82, 2.24) is 10.2 Å². The Bertz CT molecular complexity index is 873. The van der Waals surface area contributed by atoms with Gasteiger partial charge in [-0.1, -0.05) is 0 Å². The first-order valence-corrected chi connectivity index (χ1v) is 9.50. The highest BCUT2D eigenvalue weighted by Gasteiger charge is 2.22. The third-order valence-corrected chi connectivity index (χ3v) is 4.90. The Kier molecular flexibility index (Phi) is 6.59. The van der Waals surface area contributed by atoms with Crippen molar-refractivity contribution in [1.29, 1.82) is 0 Å². The molecule has 2 aromatic carbocycles. The number of amides is 2. The Hall–Kier alpha value is -3.22. The third kappa shape index (κ3) is 5.63. The lowest BCUT2D eigenvalue weighted by Crippen LogP contribution is -2.47. The van der Waals surface area contributed by atoms with Crippen LogP contribution in [0.5, 0.6) is 5.75 Å². The minimum absolute atomic E-state index is 0.0393. The average molecular weight is 398 g/mol. The first-order chi connectivity index (χ1) is 13.9. The fourth-order valence-corrected chi connectivity index (χ4v) is 3.23. The largest absolute Gasteiger partial charge is 0.484 e. The molecule has 29 heavy (non-hydrogen) atoms. The van der Waals surface area contributed by atoms with Crippen molar-refractivity contribution in [2.45, 2.75) is 25.8 Å². The molecule has 0 saturated carbocycles. The fourth-order valence-electron chi connectivity index (χ4n) is 3.23. The minimum Gasteiger partial charge on any atom is -0.484 e. The van der Waals surface area contributed by atoms with Gasteiger partial charge in [0, 0.05) is 37.2 Å². The van der Waals surface area contributed by atoms with Gasteiger partial charge in [0.2, 0.25) is 5.91 Å². The molecule has 3 rings (SSSR count). The molecule has 0 aromatic heterocycles. The number of halogens is 1. The number of benzene rings is 2. The number of hydrogen-bond acceptors (Lipinski definition) is 4. The van der Waals surface area contributed by atoms with Gasteiger partial charge in [0.05, 0.1) is 0 Å². The topological polar surface area (TPSA) is 75.7 Å². The van der Waals surface area contributed by atoms with Gasteiger partial charge in [-0.3, -0.25) is 14.4 Å². The zero-order valence-electron chi connectivity index (χ0n) is 16.2. The van der Waals surface area contributed by atoms with E-state index in [9.17, 15) is 18.8 Å². The summed E-state index contributed by atoms with van der Waals surface area (Å²) in [6.45, 7) is 2.71. The molecule has 7 heteroatoms. The molecule has 2 amide bonds. The molecule has 0 aliphatic carbocycles. The molecular weight excluding hydrogens is 375 g/mol. The molecule has 1 heterocycles. The van der Waals surface area contributed by atoms with Gasteiger partial charge < -0.3 is 15.0 Å². The maximum atomic E-state index is 13.0. The predicted octanol–water partition coefficient (Wildman–Crippen LogP) is 2.56. The second-order valence-corrected chi connectivity index (χ2v) is 7.00. The maximum Gasteiger partial charge on any atom is 0.258 e. The fraction of sp³-hybridized carbons (Fsp3) is 0.318. The van der Waals surface area contributed by atoms with Crippen molar-refractivity contribution in [2.75, 3.05) is 19.7 Å². The summed E-state index contributed by atoms with van der Waals surface area (Å²) in [4.78, 5) is 37.6. The zero-order chi connectivity index (χ0) is 20.8. The van der Waals surface area contributed by atoms with Gasteiger partial charge in [0.25, 0.3) is 5.91 Å². The predicted molar refractivity (Wildman–Crippen MR) is 105 cm³/mol. The van der Waals surface area contributed by atoms with Crippen molar-refractivity contribution in [3.63, 3.8) is 0 Å². The van der Waals surface area contributed by atoms with E-state index in [0.717, 1.165) is 12.8 Å². The summed E-state index contributed by atoms with van der Waals surface area (Å²) in [7, 11) is 0. The number of likely N-dealkylation sites (tertiary alicyclic amines) is 1. The first kappa shape index (κ1) is 20.5. The molecule has 0 radical (unpaired) electrons. The molecule has 1 N–H and O–H groups in total. The van der Waals surface area contributed by atoms with Crippen LogP contribution in [0, 0.1) is 5.82 Å². The van der Waals surface area contributed by atoms with E-state index in [1.807, 2.05) is 0 Å². The number of carbonyl (C=O) groups excluding carboxylic acids is 3. The van der Waals surface area contributed by atoms with Gasteiger partial charge in [-0.05, 0) is 61.4 Å². The molecule has 0 atom stereocenters. The van der Waals surface area contributed by atoms with Crippen molar-refractivity contribution in [2.24, 2.45) is 0 Å². The summed E-state index contributed by atoms with van der Waals surface area (Å²) in [5.41, 5.74) is 0.848. The van der Waals surface area contributed by atoms with Crippen molar-refractivity contribution in [3.05, 3.63) is 65.5 Å². The van der Waals surface area contributed by atoms with E-state index in [1.165, 1.54) is 24.3 Å². The van der Waals surface area contributed by atoms with E-state index in [2.05, 4.69) is 5.32 Å². The maximum absolute atomic E-state index is 13.0. The zero-order valence-corrected chi connectivity index (χ0v) is 16.2. The van der Waals surface area contributed by atoms with Crippen LogP contribution >= 0.6 is 0 Å². The second kappa shape index (κ2) is 9.32. The quantitative estimate of drug-likeness (QED) is 0.759. The molecule has 0 unspecified atom stereocenters. The van der Waals surface area contributed by atoms with Crippen LogP contribution in [-0.4, -0.2) is 48.2 Å². The number of piperidine rings is 1. The van der Waals surface area contributed by atoms with Crippen LogP contribution in [0.2, 0.25) is 0 Å². The SMILES string of the molecule is CC(=O)N1CCC(NC(=O)COc2ccc(C(=O)c3ccc(F)cc3)cc2)CC1. The molecule has 0 spiro atoms. The van der Waals surface area contributed by atoms with Crippen LogP contribution in [0.1, 0.15) is 35.7 Å². The number of rotatable bonds is 6. The van der Waals surface area contributed by atoms with E-state index in [0.29, 0.717) is 30.0 Å². The number of nitrogens with one attached hydrogen (secondary N) is 1. The number of ketones is 1. The lowest BCUT2D eigenvalue weighted by Gasteiger charge is -2.31. The summed E-state index contributed by atoms with van der Waals surface area (Å²) in [6, 6.07) is 11.9. The molecule has 0 bridgehead atoms. The molecule has 1 aliphatic heterocycles. The summed E-state index contributed by atoms with van der Waals surface area (Å²) >= 11 is 0. The smallest absolute Gasteiger partial charge is 0.258 e. The van der Waals surface area contributed by atoms with E-state index >= 15 is 0 Å². The average Bonchev–Trinajstić information content (AvgIpc) is 2.73. The van der Waals surface area contributed by atoms with Crippen LogP contribution in [-0.2, 0) is 9.59 Å². The molecule has 1 aliphatic rings. The van der Waals surface area contributed by atoms with Gasteiger partial charge in [-0.15, -0.1) is 0 Å². The number of hydrogen-bond donors (Lipinski definition) is 1. The second-order valence-electron chi connectivity index (χ2n) is 7.00. The first-order valence-electron chi connectivity index (χ1n) is 9.50. The Morgan fingerprint density at radius 2 is 1.55 bits per heavy atom. The van der Waals surface area contributed by atoms with Gasteiger partial charge in [0.15, 0.2) is 12.4 Å². The van der Waals surface area contributed by atoms with Crippen molar-refractivity contribution < 1.29 is 23.5 Å². The highest BCUT2D eigenvalue weighted by atomic mass is 19.1. The van der Waals surface area contributed by atoms with Crippen molar-refractivity contribution >= 4 is 17.6 Å². The Morgan fingerprint density at radius 1 is 1.00 bits per heavy atom. The normalized spacial score (nSPS) is 14.3. The van der Waals surface area contributed by atoms with Gasteiger partial charge in [0.1, 0.15) is 11.6 Å². The van der Waals surface area contributed by atoms with E-state index < -0.39 is 5.82 Å². The summed E-state index contributed by atoms with van der Waals surface area (Å²) < 4.78 is 18.5. The van der Waals surface area contributed by atoms with E-state index in [1.54, 1.807) is 36.1 Å². The monoisotopic (exact) mass is 398 g/mol. The van der Waals surface area contributed by atoms with E-state index in [4.69, 9.17) is 4.74 Å². The van der Waals surface area contributed by atoms with Gasteiger partial charge >= 0.3 is 0 Å². The number of carbonyl (C=O) groups is 3. The van der Waals surface area contributed by atoms with Crippen LogP contribution in [0.15, 0.2) is 48.5 Å². The summed E-state index contributed by atoms with van der Waals surface area (Å²) in [5, 5.41) is 2.92. The molecule has 2 aromatic rings. The Labute approximate surface area is 168 Å². The van der Waals surface area contributed by atoms with Crippen molar-refractivity contribution in [3.8, 4) is 5.75 Å². The summed E-state index contributed by atoms with van der Waals surface area (Å²) in [6.07, 6.45) is 1.46. The highest BCUT2D eigenvalue weighted by molar-refractivity contribution is 6.09. The Balaban J connectivity index is 1.46. The van der Waals surface area contributed by atoms with Crippen LogP contribution < -0.4 is 10.1 Å².